The molecule has 12 heteroatoms. The average molecular weight is 473 g/mol. The molecule has 2 N–H and O–H groups in total. The van der Waals surface area contributed by atoms with Crippen molar-refractivity contribution in [2.75, 3.05) is 31.1 Å². The Morgan fingerprint density at radius 1 is 1.39 bits per heavy atom. The average Bonchev–Trinajstić information content (AvgIpc) is 3.30. The van der Waals surface area contributed by atoms with Crippen LogP contribution in [0.25, 0.3) is 16.2 Å². The number of nitrogens with one attached hydrogen (secondary N) is 1. The summed E-state index contributed by atoms with van der Waals surface area (Å²) >= 11 is 1.09. The van der Waals surface area contributed by atoms with Gasteiger partial charge in [-0.05, 0) is 37.8 Å². The lowest BCUT2D eigenvalue weighted by Gasteiger charge is -2.39. The number of anilines is 1. The van der Waals surface area contributed by atoms with E-state index in [4.69, 9.17) is 14.6 Å². The van der Waals surface area contributed by atoms with Crippen LogP contribution in [0.1, 0.15) is 35.2 Å². The molecule has 5 rings (SSSR count). The van der Waals surface area contributed by atoms with E-state index in [9.17, 15) is 14.7 Å². The summed E-state index contributed by atoms with van der Waals surface area (Å²) < 4.78 is 11.2. The van der Waals surface area contributed by atoms with Gasteiger partial charge in [0.25, 0.3) is 0 Å². The van der Waals surface area contributed by atoms with Crippen molar-refractivity contribution in [1.29, 1.82) is 0 Å². The van der Waals surface area contributed by atoms with Crippen molar-refractivity contribution < 1.29 is 19.5 Å². The number of hydroxylamine groups is 1. The van der Waals surface area contributed by atoms with Crippen LogP contribution in [0.15, 0.2) is 23.4 Å². The van der Waals surface area contributed by atoms with E-state index in [1.807, 2.05) is 0 Å². The van der Waals surface area contributed by atoms with Gasteiger partial charge in [0.1, 0.15) is 23.8 Å². The summed E-state index contributed by atoms with van der Waals surface area (Å²) in [6.07, 6.45) is 6.23. The SMILES string of the molecule is Cc1cc(N2CC(ONCC3CCCCO3)C2)nc2c1c(=O)c(C(=O)O)cn2-c1ncns1. The number of ether oxygens (including phenoxy) is 1. The van der Waals surface area contributed by atoms with Crippen LogP contribution < -0.4 is 15.8 Å². The first-order valence-electron chi connectivity index (χ1n) is 10.8. The van der Waals surface area contributed by atoms with Crippen LogP contribution in [0, 0.1) is 6.92 Å². The Morgan fingerprint density at radius 3 is 2.94 bits per heavy atom. The van der Waals surface area contributed by atoms with Gasteiger partial charge in [0, 0.05) is 44.0 Å². The van der Waals surface area contributed by atoms with Gasteiger partial charge in [-0.25, -0.2) is 14.8 Å². The number of fused-ring (bicyclic) bond motifs is 1. The molecule has 2 aliphatic heterocycles. The second-order valence-corrected chi connectivity index (χ2v) is 9.01. The van der Waals surface area contributed by atoms with Crippen LogP contribution in [-0.2, 0) is 9.57 Å². The molecule has 3 aromatic rings. The maximum Gasteiger partial charge on any atom is 0.341 e. The number of aromatic carboxylic acids is 1. The highest BCUT2D eigenvalue weighted by atomic mass is 32.1. The summed E-state index contributed by atoms with van der Waals surface area (Å²) in [5.74, 6) is -0.603. The molecule has 33 heavy (non-hydrogen) atoms. The van der Waals surface area contributed by atoms with Crippen molar-refractivity contribution >= 4 is 34.4 Å². The second kappa shape index (κ2) is 9.14. The van der Waals surface area contributed by atoms with Crippen LogP contribution in [0.5, 0.6) is 0 Å². The van der Waals surface area contributed by atoms with Crippen LogP contribution in [0.4, 0.5) is 5.82 Å². The third kappa shape index (κ3) is 4.34. The fourth-order valence-corrected chi connectivity index (χ4v) is 4.65. The molecule has 0 radical (unpaired) electrons. The first kappa shape index (κ1) is 21.9. The molecule has 0 saturated carbocycles. The number of aryl methyl sites for hydroxylation is 1. The standard InChI is InChI=1S/C21H24N6O5S/c1-12-6-16(26-8-14(9-26)32-23-7-13-4-2-3-5-31-13)25-19-17(12)18(28)15(20(29)30)10-27(19)21-22-11-24-33-21/h6,10-11,13-14,23H,2-5,7-9H2,1H3,(H,29,30). The number of aromatic nitrogens is 4. The van der Waals surface area contributed by atoms with Gasteiger partial charge in [-0.15, -0.1) is 0 Å². The van der Waals surface area contributed by atoms with E-state index in [1.54, 1.807) is 13.0 Å². The Bertz CT molecular complexity index is 1220. The van der Waals surface area contributed by atoms with Crippen molar-refractivity contribution in [2.45, 2.75) is 38.4 Å². The van der Waals surface area contributed by atoms with Crippen molar-refractivity contribution in [2.24, 2.45) is 0 Å². The number of pyridine rings is 2. The molecule has 1 atom stereocenters. The van der Waals surface area contributed by atoms with Crippen LogP contribution >= 0.6 is 11.5 Å². The fourth-order valence-electron chi connectivity index (χ4n) is 4.14. The van der Waals surface area contributed by atoms with Gasteiger partial charge >= 0.3 is 5.97 Å². The second-order valence-electron chi connectivity index (χ2n) is 8.25. The molecule has 2 saturated heterocycles. The zero-order valence-electron chi connectivity index (χ0n) is 18.1. The maximum absolute atomic E-state index is 12.9. The van der Waals surface area contributed by atoms with Crippen molar-refractivity contribution in [3.8, 4) is 5.13 Å². The highest BCUT2D eigenvalue weighted by molar-refractivity contribution is 7.08. The lowest BCUT2D eigenvalue weighted by atomic mass is 10.1. The van der Waals surface area contributed by atoms with Gasteiger partial charge in [0.15, 0.2) is 5.65 Å². The molecular formula is C21H24N6O5S. The Hall–Kier alpha value is -2.93. The lowest BCUT2D eigenvalue weighted by molar-refractivity contribution is -0.0698. The Morgan fingerprint density at radius 2 is 2.24 bits per heavy atom. The number of hydrogen-bond acceptors (Lipinski definition) is 10. The number of hydrogen-bond donors (Lipinski definition) is 2. The first-order valence-corrected chi connectivity index (χ1v) is 11.6. The minimum Gasteiger partial charge on any atom is -0.477 e. The van der Waals surface area contributed by atoms with E-state index in [0.29, 0.717) is 41.8 Å². The molecule has 0 bridgehead atoms. The van der Waals surface area contributed by atoms with E-state index < -0.39 is 11.4 Å². The summed E-state index contributed by atoms with van der Waals surface area (Å²) in [5, 5.41) is 10.2. The highest BCUT2D eigenvalue weighted by Gasteiger charge is 2.30. The molecule has 5 heterocycles. The van der Waals surface area contributed by atoms with Gasteiger partial charge in [0.2, 0.25) is 10.6 Å². The molecule has 2 aliphatic rings. The van der Waals surface area contributed by atoms with Crippen molar-refractivity contribution in [3.05, 3.63) is 39.9 Å². The van der Waals surface area contributed by atoms with Gasteiger partial charge in [-0.2, -0.15) is 9.85 Å². The quantitative estimate of drug-likeness (QED) is 0.488. The van der Waals surface area contributed by atoms with E-state index in [1.165, 1.54) is 23.5 Å². The Kier molecular flexibility index (Phi) is 6.06. The van der Waals surface area contributed by atoms with Gasteiger partial charge in [-0.1, -0.05) is 0 Å². The van der Waals surface area contributed by atoms with E-state index in [2.05, 4.69) is 19.7 Å². The molecule has 11 nitrogen and oxygen atoms in total. The zero-order valence-corrected chi connectivity index (χ0v) is 18.9. The summed E-state index contributed by atoms with van der Waals surface area (Å²) in [4.78, 5) is 41.2. The predicted molar refractivity (Wildman–Crippen MR) is 121 cm³/mol. The topological polar surface area (TPSA) is 132 Å². The van der Waals surface area contributed by atoms with E-state index in [0.717, 1.165) is 31.0 Å². The molecule has 0 spiro atoms. The molecule has 0 aliphatic carbocycles. The van der Waals surface area contributed by atoms with Crippen LogP contribution in [0.2, 0.25) is 0 Å². The summed E-state index contributed by atoms with van der Waals surface area (Å²) in [6, 6.07) is 1.80. The highest BCUT2D eigenvalue weighted by Crippen LogP contribution is 2.27. The molecule has 0 amide bonds. The fraction of sp³-hybridized carbons (Fsp3) is 0.476. The summed E-state index contributed by atoms with van der Waals surface area (Å²) in [6.45, 7) is 4.56. The summed E-state index contributed by atoms with van der Waals surface area (Å²) in [7, 11) is 0. The van der Waals surface area contributed by atoms with Crippen molar-refractivity contribution in [1.82, 2.24) is 24.4 Å². The van der Waals surface area contributed by atoms with Crippen molar-refractivity contribution in [3.63, 3.8) is 0 Å². The normalized spacial score (nSPS) is 19.1. The third-order valence-electron chi connectivity index (χ3n) is 5.94. The maximum atomic E-state index is 12.9. The Labute approximate surface area is 193 Å². The minimum absolute atomic E-state index is 0.0196. The van der Waals surface area contributed by atoms with Gasteiger partial charge in [-0.3, -0.25) is 14.2 Å². The molecule has 0 aromatic carbocycles. The number of carboxylic acids is 1. The molecule has 2 fully saturated rings. The lowest BCUT2D eigenvalue weighted by Crippen LogP contribution is -2.55. The van der Waals surface area contributed by atoms with E-state index in [-0.39, 0.29) is 23.2 Å². The molecule has 3 aromatic heterocycles. The monoisotopic (exact) mass is 472 g/mol. The largest absolute Gasteiger partial charge is 0.477 e. The van der Waals surface area contributed by atoms with Gasteiger partial charge in [0.05, 0.1) is 11.5 Å². The van der Waals surface area contributed by atoms with Crippen LogP contribution in [-0.4, -0.2) is 68.4 Å². The number of nitrogens with zero attached hydrogens (tertiary/aromatic N) is 5. The minimum atomic E-state index is -1.29. The molecule has 1 unspecified atom stereocenters. The number of carboxylic acid groups (broad SMARTS) is 1. The predicted octanol–water partition coefficient (Wildman–Crippen LogP) is 1.52. The molecular weight excluding hydrogens is 448 g/mol. The van der Waals surface area contributed by atoms with Gasteiger partial charge < -0.3 is 14.7 Å². The summed E-state index contributed by atoms with van der Waals surface area (Å²) in [5.41, 5.74) is 3.15. The van der Waals surface area contributed by atoms with Crippen LogP contribution in [0.3, 0.4) is 0 Å². The van der Waals surface area contributed by atoms with E-state index >= 15 is 0 Å². The zero-order chi connectivity index (χ0) is 22.9. The first-order chi connectivity index (χ1) is 16.0. The number of carbonyl (C=O) groups is 1. The third-order valence-corrected chi connectivity index (χ3v) is 6.60. The number of rotatable bonds is 7. The Balaban J connectivity index is 1.36. The molecule has 174 valence electrons. The smallest absolute Gasteiger partial charge is 0.341 e.